The zero-order valence-corrected chi connectivity index (χ0v) is 12.9. The van der Waals surface area contributed by atoms with E-state index >= 15 is 0 Å². The van der Waals surface area contributed by atoms with Crippen LogP contribution in [0.5, 0.6) is 0 Å². The number of hydrogen-bond donors (Lipinski definition) is 5. The summed E-state index contributed by atoms with van der Waals surface area (Å²) in [5, 5.41) is 11.6. The number of nitrogens with one attached hydrogen (secondary N) is 2. The van der Waals surface area contributed by atoms with E-state index in [1.807, 2.05) is 0 Å². The lowest BCUT2D eigenvalue weighted by molar-refractivity contribution is -0.139. The number of unbranched alkanes of at least 4 members (excludes halogenated alkanes) is 1. The van der Waals surface area contributed by atoms with Crippen molar-refractivity contribution < 1.29 is 14.7 Å². The molecular formula is C12H18BrN5O3. The molecule has 0 aliphatic carbocycles. The average molecular weight is 360 g/mol. The maximum Gasteiger partial charge on any atom is 0.326 e. The largest absolute Gasteiger partial charge is 0.480 e. The summed E-state index contributed by atoms with van der Waals surface area (Å²) < 4.78 is 0.719. The molecule has 116 valence electrons. The van der Waals surface area contributed by atoms with Crippen molar-refractivity contribution in [3.05, 3.63) is 22.4 Å². The number of carbonyl (C=O) groups is 2. The van der Waals surface area contributed by atoms with Gasteiger partial charge in [0.1, 0.15) is 11.7 Å². The van der Waals surface area contributed by atoms with Crippen LogP contribution in [0.1, 0.15) is 29.8 Å². The summed E-state index contributed by atoms with van der Waals surface area (Å²) >= 11 is 3.21. The third-order valence-electron chi connectivity index (χ3n) is 2.69. The molecule has 0 spiro atoms. The zero-order valence-electron chi connectivity index (χ0n) is 11.3. The number of aliphatic imine (C=N–C) groups is 1. The Labute approximate surface area is 130 Å². The molecule has 0 fully saturated rings. The highest BCUT2D eigenvalue weighted by atomic mass is 79.9. The average Bonchev–Trinajstić information content (AvgIpc) is 2.83. The Bertz CT molecular complexity index is 525. The molecule has 1 rings (SSSR count). The number of aromatic nitrogens is 1. The van der Waals surface area contributed by atoms with E-state index in [1.54, 1.807) is 12.3 Å². The second-order valence-electron chi connectivity index (χ2n) is 4.40. The monoisotopic (exact) mass is 359 g/mol. The quantitative estimate of drug-likeness (QED) is 0.259. The maximum atomic E-state index is 11.9. The van der Waals surface area contributed by atoms with Gasteiger partial charge in [-0.15, -0.1) is 0 Å². The van der Waals surface area contributed by atoms with Crippen molar-refractivity contribution in [2.45, 2.75) is 25.3 Å². The molecule has 1 atom stereocenters. The molecule has 0 aliphatic heterocycles. The summed E-state index contributed by atoms with van der Waals surface area (Å²) in [5.74, 6) is -1.52. The van der Waals surface area contributed by atoms with Crippen LogP contribution in [0.15, 0.2) is 21.7 Å². The minimum Gasteiger partial charge on any atom is -0.480 e. The molecule has 9 heteroatoms. The first-order chi connectivity index (χ1) is 9.90. The molecule has 0 aliphatic rings. The molecule has 1 amide bonds. The fraction of sp³-hybridized carbons (Fsp3) is 0.417. The van der Waals surface area contributed by atoms with E-state index in [-0.39, 0.29) is 5.96 Å². The van der Waals surface area contributed by atoms with Crippen molar-refractivity contribution in [2.24, 2.45) is 16.5 Å². The molecular weight excluding hydrogens is 342 g/mol. The van der Waals surface area contributed by atoms with Gasteiger partial charge in [-0.05, 0) is 41.3 Å². The third kappa shape index (κ3) is 6.30. The number of hydrogen-bond acceptors (Lipinski definition) is 3. The van der Waals surface area contributed by atoms with Gasteiger partial charge in [0.15, 0.2) is 5.96 Å². The molecule has 0 aromatic carbocycles. The number of amides is 1. The number of nitrogens with two attached hydrogens (primary N) is 2. The number of guanidine groups is 1. The Hall–Kier alpha value is -2.03. The van der Waals surface area contributed by atoms with Crippen LogP contribution in [-0.4, -0.2) is 40.5 Å². The van der Waals surface area contributed by atoms with E-state index in [0.29, 0.717) is 31.5 Å². The van der Waals surface area contributed by atoms with Crippen molar-refractivity contribution in [1.82, 2.24) is 10.3 Å². The van der Waals surface area contributed by atoms with Crippen LogP contribution in [-0.2, 0) is 4.79 Å². The number of nitrogens with zero attached hydrogens (tertiary/aromatic N) is 1. The highest BCUT2D eigenvalue weighted by Crippen LogP contribution is 2.11. The lowest BCUT2D eigenvalue weighted by Gasteiger charge is -2.13. The van der Waals surface area contributed by atoms with Gasteiger partial charge in [-0.25, -0.2) is 4.79 Å². The Morgan fingerprint density at radius 2 is 2.14 bits per heavy atom. The van der Waals surface area contributed by atoms with Crippen LogP contribution in [0.4, 0.5) is 0 Å². The normalized spacial score (nSPS) is 11.7. The van der Waals surface area contributed by atoms with Crippen molar-refractivity contribution in [3.63, 3.8) is 0 Å². The van der Waals surface area contributed by atoms with E-state index in [4.69, 9.17) is 16.6 Å². The smallest absolute Gasteiger partial charge is 0.326 e. The number of carboxylic acids is 1. The summed E-state index contributed by atoms with van der Waals surface area (Å²) in [6.45, 7) is 0.437. The second kappa shape index (κ2) is 8.30. The zero-order chi connectivity index (χ0) is 15.8. The number of rotatable bonds is 8. The maximum absolute atomic E-state index is 11.9. The van der Waals surface area contributed by atoms with Crippen molar-refractivity contribution in [3.8, 4) is 0 Å². The van der Waals surface area contributed by atoms with E-state index in [1.165, 1.54) is 0 Å². The summed E-state index contributed by atoms with van der Waals surface area (Å²) in [6, 6.07) is 0.631. The van der Waals surface area contributed by atoms with Crippen LogP contribution in [0.3, 0.4) is 0 Å². The van der Waals surface area contributed by atoms with Crippen LogP contribution < -0.4 is 16.8 Å². The van der Waals surface area contributed by atoms with Crippen molar-refractivity contribution in [2.75, 3.05) is 6.54 Å². The van der Waals surface area contributed by atoms with Gasteiger partial charge in [-0.3, -0.25) is 9.79 Å². The van der Waals surface area contributed by atoms with Crippen LogP contribution in [0, 0.1) is 0 Å². The number of H-pyrrole nitrogens is 1. The predicted octanol–water partition coefficient (Wildman–Crippen LogP) is 0.404. The number of carbonyl (C=O) groups excluding carboxylic acids is 1. The first kappa shape index (κ1) is 17.0. The molecule has 0 bridgehead atoms. The molecule has 7 N–H and O–H groups in total. The van der Waals surface area contributed by atoms with Crippen molar-refractivity contribution >= 4 is 33.8 Å². The van der Waals surface area contributed by atoms with Gasteiger partial charge in [0, 0.05) is 17.2 Å². The first-order valence-corrected chi connectivity index (χ1v) is 7.12. The standard InChI is InChI=1S/C12H18BrN5O3/c13-7-5-9(17-6-7)10(19)18-8(11(20)21)3-1-2-4-16-12(14)15/h5-6,8,17H,1-4H2,(H,18,19)(H,20,21)(H4,14,15,16). The summed E-state index contributed by atoms with van der Waals surface area (Å²) in [5.41, 5.74) is 10.7. The molecule has 1 aromatic heterocycles. The molecule has 1 aromatic rings. The Balaban J connectivity index is 2.45. The highest BCUT2D eigenvalue weighted by molar-refractivity contribution is 9.10. The topological polar surface area (TPSA) is 147 Å². The summed E-state index contributed by atoms with van der Waals surface area (Å²) in [6.07, 6.45) is 3.14. The van der Waals surface area contributed by atoms with E-state index in [9.17, 15) is 9.59 Å². The van der Waals surface area contributed by atoms with Gasteiger partial charge in [0.25, 0.3) is 5.91 Å². The van der Waals surface area contributed by atoms with Gasteiger partial charge < -0.3 is 26.9 Å². The van der Waals surface area contributed by atoms with Gasteiger partial charge >= 0.3 is 5.97 Å². The molecule has 8 nitrogen and oxygen atoms in total. The van der Waals surface area contributed by atoms with Crippen molar-refractivity contribution in [1.29, 1.82) is 0 Å². The lowest BCUT2D eigenvalue weighted by Crippen LogP contribution is -2.40. The lowest BCUT2D eigenvalue weighted by atomic mass is 10.1. The van der Waals surface area contributed by atoms with E-state index in [2.05, 4.69) is 31.2 Å². The Morgan fingerprint density at radius 3 is 2.67 bits per heavy atom. The second-order valence-corrected chi connectivity index (χ2v) is 5.31. The van der Waals surface area contributed by atoms with Crippen LogP contribution >= 0.6 is 15.9 Å². The number of aliphatic carboxylic acids is 1. The fourth-order valence-corrected chi connectivity index (χ4v) is 2.00. The number of carboxylic acid groups (broad SMARTS) is 1. The van der Waals surface area contributed by atoms with E-state index in [0.717, 1.165) is 4.47 Å². The summed E-state index contributed by atoms with van der Waals surface area (Å²) in [7, 11) is 0. The summed E-state index contributed by atoms with van der Waals surface area (Å²) in [4.78, 5) is 29.6. The molecule has 1 unspecified atom stereocenters. The molecule has 0 saturated heterocycles. The molecule has 0 saturated carbocycles. The molecule has 0 radical (unpaired) electrons. The number of aromatic amines is 1. The fourth-order valence-electron chi connectivity index (χ4n) is 1.66. The van der Waals surface area contributed by atoms with Gasteiger partial charge in [-0.1, -0.05) is 0 Å². The van der Waals surface area contributed by atoms with Gasteiger partial charge in [0.05, 0.1) is 0 Å². The van der Waals surface area contributed by atoms with Gasteiger partial charge in [0.2, 0.25) is 0 Å². The predicted molar refractivity (Wildman–Crippen MR) is 81.9 cm³/mol. The van der Waals surface area contributed by atoms with Crippen LogP contribution in [0.25, 0.3) is 0 Å². The van der Waals surface area contributed by atoms with Crippen LogP contribution in [0.2, 0.25) is 0 Å². The minimum atomic E-state index is -1.07. The SMILES string of the molecule is NC(N)=NCCCCC(NC(=O)c1cc(Br)c[nH]1)C(=O)O. The molecule has 1 heterocycles. The number of halogens is 1. The van der Waals surface area contributed by atoms with Gasteiger partial charge in [-0.2, -0.15) is 0 Å². The highest BCUT2D eigenvalue weighted by Gasteiger charge is 2.20. The Morgan fingerprint density at radius 1 is 1.43 bits per heavy atom. The minimum absolute atomic E-state index is 0.00964. The molecule has 21 heavy (non-hydrogen) atoms. The Kier molecular flexibility index (Phi) is 6.73. The van der Waals surface area contributed by atoms with E-state index < -0.39 is 17.9 Å². The first-order valence-electron chi connectivity index (χ1n) is 6.33. The third-order valence-corrected chi connectivity index (χ3v) is 3.15.